The van der Waals surface area contributed by atoms with Crippen LogP contribution in [0, 0.1) is 0 Å². The van der Waals surface area contributed by atoms with E-state index in [1.54, 1.807) is 25.1 Å². The number of para-hydroxylation sites is 1. The minimum Gasteiger partial charge on any atom is -0.465 e. The number of carbonyl (C=O) groups excluding carboxylic acids is 3. The molecule has 2 amide bonds. The first-order valence-corrected chi connectivity index (χ1v) is 8.27. The Hall–Kier alpha value is -1.34. The molecule has 1 heterocycles. The fraction of sp³-hybridized carbons (Fsp3) is 0.357. The van der Waals surface area contributed by atoms with Crippen LogP contribution in [0.25, 0.3) is 0 Å². The van der Waals surface area contributed by atoms with Crippen molar-refractivity contribution in [1.82, 2.24) is 0 Å². The number of amides is 2. The van der Waals surface area contributed by atoms with Gasteiger partial charge in [-0.25, -0.2) is 4.90 Å². The lowest BCUT2D eigenvalue weighted by Gasteiger charge is -2.16. The van der Waals surface area contributed by atoms with Gasteiger partial charge in [0.2, 0.25) is 11.8 Å². The fourth-order valence-electron chi connectivity index (χ4n) is 1.99. The van der Waals surface area contributed by atoms with Gasteiger partial charge in [-0.1, -0.05) is 12.1 Å². The number of nitrogens with zero attached hydrogens (tertiary/aromatic N) is 1. The molecule has 0 unspecified atom stereocenters. The maximum Gasteiger partial charge on any atom is 0.315 e. The predicted octanol–water partition coefficient (Wildman–Crippen LogP) is 2.38. The molecule has 112 valence electrons. The van der Waals surface area contributed by atoms with Gasteiger partial charge in [0.05, 0.1) is 23.3 Å². The molecule has 0 aromatic heterocycles. The summed E-state index contributed by atoms with van der Waals surface area (Å²) in [7, 11) is 0. The quantitative estimate of drug-likeness (QED) is 0.587. The van der Waals surface area contributed by atoms with Gasteiger partial charge >= 0.3 is 5.97 Å². The molecule has 0 saturated carbocycles. The number of halogens is 1. The summed E-state index contributed by atoms with van der Waals surface area (Å²) in [5, 5.41) is -0.533. The highest BCUT2D eigenvalue weighted by atomic mass is 79.9. The molecule has 0 radical (unpaired) electrons. The molecule has 7 heteroatoms. The molecule has 21 heavy (non-hydrogen) atoms. The SMILES string of the molecule is CCOC(=O)CS[C@@H]1CC(=O)N(c2ccccc2Br)C1=O. The van der Waals surface area contributed by atoms with E-state index in [1.807, 2.05) is 6.07 Å². The summed E-state index contributed by atoms with van der Waals surface area (Å²) in [4.78, 5) is 36.9. The van der Waals surface area contributed by atoms with Gasteiger partial charge in [0.25, 0.3) is 0 Å². The average Bonchev–Trinajstić information content (AvgIpc) is 2.73. The minimum atomic E-state index is -0.533. The molecule has 0 aliphatic carbocycles. The van der Waals surface area contributed by atoms with E-state index in [2.05, 4.69) is 15.9 Å². The van der Waals surface area contributed by atoms with Crippen LogP contribution in [0.1, 0.15) is 13.3 Å². The zero-order valence-electron chi connectivity index (χ0n) is 11.4. The maximum atomic E-state index is 12.4. The molecular formula is C14H14BrNO4S. The van der Waals surface area contributed by atoms with E-state index in [4.69, 9.17) is 4.74 Å². The van der Waals surface area contributed by atoms with E-state index in [1.165, 1.54) is 4.90 Å². The van der Waals surface area contributed by atoms with E-state index in [-0.39, 0.29) is 30.0 Å². The summed E-state index contributed by atoms with van der Waals surface area (Å²) in [5.74, 6) is -0.849. The Morgan fingerprint density at radius 3 is 2.81 bits per heavy atom. The number of benzene rings is 1. The first kappa shape index (κ1) is 16.0. The summed E-state index contributed by atoms with van der Waals surface area (Å²) in [5.41, 5.74) is 0.534. The minimum absolute atomic E-state index is 0.0708. The van der Waals surface area contributed by atoms with Crippen molar-refractivity contribution in [2.75, 3.05) is 17.3 Å². The summed E-state index contributed by atoms with van der Waals surface area (Å²) < 4.78 is 5.50. The molecule has 1 aromatic carbocycles. The normalized spacial score (nSPS) is 18.2. The summed E-state index contributed by atoms with van der Waals surface area (Å²) in [6, 6.07) is 7.05. The van der Waals surface area contributed by atoms with Crippen molar-refractivity contribution < 1.29 is 19.1 Å². The molecule has 0 spiro atoms. The van der Waals surface area contributed by atoms with Crippen molar-refractivity contribution in [2.24, 2.45) is 0 Å². The van der Waals surface area contributed by atoms with Gasteiger partial charge in [0.1, 0.15) is 0 Å². The smallest absolute Gasteiger partial charge is 0.315 e. The third kappa shape index (κ3) is 3.65. The molecule has 1 fully saturated rings. The Morgan fingerprint density at radius 2 is 2.14 bits per heavy atom. The number of thioether (sulfide) groups is 1. The lowest BCUT2D eigenvalue weighted by atomic mass is 10.3. The lowest BCUT2D eigenvalue weighted by Crippen LogP contribution is -2.31. The average molecular weight is 372 g/mol. The van der Waals surface area contributed by atoms with E-state index in [0.29, 0.717) is 16.8 Å². The summed E-state index contributed by atoms with van der Waals surface area (Å²) in [6.07, 6.45) is 0.101. The molecule has 5 nitrogen and oxygen atoms in total. The van der Waals surface area contributed by atoms with Crippen LogP contribution in [-0.2, 0) is 19.1 Å². The van der Waals surface area contributed by atoms with Crippen LogP contribution in [0.15, 0.2) is 28.7 Å². The van der Waals surface area contributed by atoms with E-state index in [9.17, 15) is 14.4 Å². The van der Waals surface area contributed by atoms with Crippen molar-refractivity contribution in [3.05, 3.63) is 28.7 Å². The van der Waals surface area contributed by atoms with Gasteiger partial charge in [-0.3, -0.25) is 14.4 Å². The molecule has 1 saturated heterocycles. The van der Waals surface area contributed by atoms with Crippen LogP contribution in [-0.4, -0.2) is 35.4 Å². The van der Waals surface area contributed by atoms with Crippen molar-refractivity contribution in [2.45, 2.75) is 18.6 Å². The van der Waals surface area contributed by atoms with Crippen LogP contribution in [0.5, 0.6) is 0 Å². The summed E-state index contributed by atoms with van der Waals surface area (Å²) >= 11 is 4.48. The van der Waals surface area contributed by atoms with E-state index >= 15 is 0 Å². The molecular weight excluding hydrogens is 358 g/mol. The van der Waals surface area contributed by atoms with Gasteiger partial charge in [0, 0.05) is 10.9 Å². The Kier molecular flexibility index (Phi) is 5.41. The highest BCUT2D eigenvalue weighted by molar-refractivity contribution is 9.10. The molecule has 1 aliphatic rings. The molecule has 1 aliphatic heterocycles. The zero-order chi connectivity index (χ0) is 15.4. The van der Waals surface area contributed by atoms with Crippen molar-refractivity contribution >= 4 is 51.2 Å². The maximum absolute atomic E-state index is 12.4. The van der Waals surface area contributed by atoms with Crippen LogP contribution < -0.4 is 4.90 Å². The van der Waals surface area contributed by atoms with Gasteiger partial charge in [-0.2, -0.15) is 0 Å². The Bertz CT molecular complexity index is 578. The molecule has 2 rings (SSSR count). The fourth-order valence-corrected chi connectivity index (χ4v) is 3.38. The number of ether oxygens (including phenoxy) is 1. The second-order valence-corrected chi connectivity index (χ2v) is 6.37. The molecule has 1 atom stereocenters. The van der Waals surface area contributed by atoms with Crippen LogP contribution in [0.2, 0.25) is 0 Å². The Balaban J connectivity index is 2.07. The highest BCUT2D eigenvalue weighted by Crippen LogP contribution is 2.33. The summed E-state index contributed by atoms with van der Waals surface area (Å²) in [6.45, 7) is 2.03. The molecule has 0 bridgehead atoms. The van der Waals surface area contributed by atoms with Crippen molar-refractivity contribution in [3.63, 3.8) is 0 Å². The highest BCUT2D eigenvalue weighted by Gasteiger charge is 2.40. The first-order chi connectivity index (χ1) is 10.0. The number of rotatable bonds is 5. The molecule has 1 aromatic rings. The monoisotopic (exact) mass is 371 g/mol. The first-order valence-electron chi connectivity index (χ1n) is 6.43. The Labute approximate surface area is 135 Å². The standard InChI is InChI=1S/C14H14BrNO4S/c1-2-20-13(18)8-21-11-7-12(17)16(14(11)19)10-6-4-3-5-9(10)15/h3-6,11H,2,7-8H2,1H3/t11-/m1/s1. The number of imide groups is 1. The lowest BCUT2D eigenvalue weighted by molar-refractivity contribution is -0.139. The van der Waals surface area contributed by atoms with Crippen molar-refractivity contribution in [3.8, 4) is 0 Å². The second-order valence-electron chi connectivity index (χ2n) is 4.33. The van der Waals surface area contributed by atoms with Crippen molar-refractivity contribution in [1.29, 1.82) is 0 Å². The van der Waals surface area contributed by atoms with Crippen LogP contribution >= 0.6 is 27.7 Å². The number of carbonyl (C=O) groups is 3. The largest absolute Gasteiger partial charge is 0.465 e. The van der Waals surface area contributed by atoms with E-state index < -0.39 is 5.25 Å². The van der Waals surface area contributed by atoms with E-state index in [0.717, 1.165) is 11.8 Å². The van der Waals surface area contributed by atoms with Crippen LogP contribution in [0.3, 0.4) is 0 Å². The predicted molar refractivity (Wildman–Crippen MR) is 84.1 cm³/mol. The molecule has 0 N–H and O–H groups in total. The third-order valence-electron chi connectivity index (χ3n) is 2.91. The number of esters is 1. The second kappa shape index (κ2) is 7.09. The number of anilines is 1. The number of hydrogen-bond acceptors (Lipinski definition) is 5. The third-order valence-corrected chi connectivity index (χ3v) is 4.75. The topological polar surface area (TPSA) is 63.7 Å². The van der Waals surface area contributed by atoms with Gasteiger partial charge in [-0.05, 0) is 35.0 Å². The number of hydrogen-bond donors (Lipinski definition) is 0. The Morgan fingerprint density at radius 1 is 1.43 bits per heavy atom. The van der Waals surface area contributed by atoms with Gasteiger partial charge in [-0.15, -0.1) is 11.8 Å². The zero-order valence-corrected chi connectivity index (χ0v) is 13.8. The van der Waals surface area contributed by atoms with Gasteiger partial charge < -0.3 is 4.74 Å². The van der Waals surface area contributed by atoms with Crippen LogP contribution in [0.4, 0.5) is 5.69 Å². The van der Waals surface area contributed by atoms with Gasteiger partial charge in [0.15, 0.2) is 0 Å².